The summed E-state index contributed by atoms with van der Waals surface area (Å²) in [5.41, 5.74) is 0.347. The summed E-state index contributed by atoms with van der Waals surface area (Å²) in [4.78, 5) is 5.09. The van der Waals surface area contributed by atoms with E-state index in [1.807, 2.05) is 0 Å². The van der Waals surface area contributed by atoms with E-state index in [4.69, 9.17) is 0 Å². The second-order valence-corrected chi connectivity index (χ2v) is 5.57. The first-order valence-electron chi connectivity index (χ1n) is 6.70. The first-order valence-corrected chi connectivity index (χ1v) is 6.70. The number of piperazine rings is 1. The van der Waals surface area contributed by atoms with Gasteiger partial charge in [0.2, 0.25) is 0 Å². The molecular weight excluding hydrogens is 198 g/mol. The molecule has 1 saturated heterocycles. The van der Waals surface area contributed by atoms with Crippen molar-refractivity contribution in [2.45, 2.75) is 39.2 Å². The van der Waals surface area contributed by atoms with Crippen molar-refractivity contribution in [3.05, 3.63) is 0 Å². The maximum atomic E-state index is 3.38. The van der Waals surface area contributed by atoms with E-state index in [0.29, 0.717) is 5.54 Å². The molecule has 0 unspecified atom stereocenters. The zero-order valence-electron chi connectivity index (χ0n) is 11.6. The highest BCUT2D eigenvalue weighted by Gasteiger charge is 2.30. The predicted molar refractivity (Wildman–Crippen MR) is 70.9 cm³/mol. The Kier molecular flexibility index (Phi) is 5.73. The Morgan fingerprint density at radius 3 is 2.56 bits per heavy atom. The molecule has 0 amide bonds. The molecule has 0 bridgehead atoms. The van der Waals surface area contributed by atoms with Crippen LogP contribution in [0.2, 0.25) is 0 Å². The van der Waals surface area contributed by atoms with Gasteiger partial charge in [0, 0.05) is 25.2 Å². The normalized spacial score (nSPS) is 22.5. The van der Waals surface area contributed by atoms with Crippen LogP contribution < -0.4 is 5.32 Å². The van der Waals surface area contributed by atoms with Gasteiger partial charge >= 0.3 is 0 Å². The summed E-state index contributed by atoms with van der Waals surface area (Å²) in [5.74, 6) is 0. The van der Waals surface area contributed by atoms with E-state index < -0.39 is 0 Å². The van der Waals surface area contributed by atoms with Gasteiger partial charge in [-0.2, -0.15) is 0 Å². The Labute approximate surface area is 101 Å². The molecular formula is C13H29N3. The lowest BCUT2D eigenvalue weighted by Gasteiger charge is -2.45. The molecule has 16 heavy (non-hydrogen) atoms. The van der Waals surface area contributed by atoms with Crippen LogP contribution >= 0.6 is 0 Å². The van der Waals surface area contributed by atoms with Crippen LogP contribution in [0.4, 0.5) is 0 Å². The average Bonchev–Trinajstić information content (AvgIpc) is 2.23. The summed E-state index contributed by atoms with van der Waals surface area (Å²) in [6.07, 6.45) is 2.63. The molecule has 3 nitrogen and oxygen atoms in total. The maximum absolute atomic E-state index is 3.38. The summed E-state index contributed by atoms with van der Waals surface area (Å²) in [6, 6.07) is 0. The Morgan fingerprint density at radius 1 is 1.19 bits per heavy atom. The average molecular weight is 227 g/mol. The van der Waals surface area contributed by atoms with Crippen molar-refractivity contribution in [3.63, 3.8) is 0 Å². The van der Waals surface area contributed by atoms with Gasteiger partial charge in [0.15, 0.2) is 0 Å². The van der Waals surface area contributed by atoms with Crippen LogP contribution in [0, 0.1) is 0 Å². The fourth-order valence-corrected chi connectivity index (χ4v) is 2.29. The van der Waals surface area contributed by atoms with E-state index in [-0.39, 0.29) is 0 Å². The van der Waals surface area contributed by atoms with E-state index in [1.54, 1.807) is 0 Å². The van der Waals surface area contributed by atoms with Gasteiger partial charge in [0.05, 0.1) is 0 Å². The van der Waals surface area contributed by atoms with Crippen LogP contribution in [-0.2, 0) is 0 Å². The minimum Gasteiger partial charge on any atom is -0.317 e. The number of nitrogens with zero attached hydrogens (tertiary/aromatic N) is 2. The zero-order chi connectivity index (χ0) is 12.0. The van der Waals surface area contributed by atoms with E-state index in [2.05, 4.69) is 42.9 Å². The molecule has 1 aliphatic heterocycles. The molecule has 0 spiro atoms. The zero-order valence-corrected chi connectivity index (χ0v) is 11.6. The minimum atomic E-state index is 0.347. The van der Waals surface area contributed by atoms with E-state index in [9.17, 15) is 0 Å². The van der Waals surface area contributed by atoms with Crippen LogP contribution in [-0.4, -0.2) is 61.7 Å². The van der Waals surface area contributed by atoms with E-state index in [1.165, 1.54) is 45.6 Å². The fraction of sp³-hybridized carbons (Fsp3) is 1.00. The molecule has 0 aromatic heterocycles. The highest BCUT2D eigenvalue weighted by Crippen LogP contribution is 2.18. The van der Waals surface area contributed by atoms with Crippen LogP contribution in [0.3, 0.4) is 0 Å². The Hall–Kier alpha value is -0.120. The molecule has 1 N–H and O–H groups in total. The maximum Gasteiger partial charge on any atom is 0.0277 e. The lowest BCUT2D eigenvalue weighted by Crippen LogP contribution is -2.57. The van der Waals surface area contributed by atoms with Gasteiger partial charge in [-0.05, 0) is 53.4 Å². The van der Waals surface area contributed by atoms with Crippen molar-refractivity contribution in [1.29, 1.82) is 0 Å². The summed E-state index contributed by atoms with van der Waals surface area (Å²) < 4.78 is 0. The molecule has 0 radical (unpaired) electrons. The molecule has 96 valence electrons. The number of nitrogens with one attached hydrogen (secondary N) is 1. The molecule has 0 aromatic carbocycles. The van der Waals surface area contributed by atoms with Crippen molar-refractivity contribution in [1.82, 2.24) is 15.1 Å². The number of hydrogen-bond acceptors (Lipinski definition) is 3. The van der Waals surface area contributed by atoms with Crippen LogP contribution in [0.25, 0.3) is 0 Å². The highest BCUT2D eigenvalue weighted by atomic mass is 15.3. The highest BCUT2D eigenvalue weighted by molar-refractivity contribution is 4.87. The van der Waals surface area contributed by atoms with Gasteiger partial charge in [-0.1, -0.05) is 6.92 Å². The standard InChI is InChI=1S/C13H29N3/c1-5-14-8-6-7-9-16-11-10-15(4)13(2,3)12-16/h14H,5-12H2,1-4H3. The lowest BCUT2D eigenvalue weighted by atomic mass is 9.99. The van der Waals surface area contributed by atoms with Gasteiger partial charge in [-0.25, -0.2) is 0 Å². The predicted octanol–water partition coefficient (Wildman–Crippen LogP) is 1.40. The number of hydrogen-bond donors (Lipinski definition) is 1. The van der Waals surface area contributed by atoms with Gasteiger partial charge in [-0.3, -0.25) is 4.90 Å². The Balaban J connectivity index is 2.14. The van der Waals surface area contributed by atoms with Crippen molar-refractivity contribution in [2.24, 2.45) is 0 Å². The quantitative estimate of drug-likeness (QED) is 0.692. The molecule has 1 aliphatic rings. The number of unbranched alkanes of at least 4 members (excludes halogenated alkanes) is 1. The van der Waals surface area contributed by atoms with Crippen LogP contribution in [0.5, 0.6) is 0 Å². The smallest absolute Gasteiger partial charge is 0.0277 e. The van der Waals surface area contributed by atoms with Crippen molar-refractivity contribution >= 4 is 0 Å². The van der Waals surface area contributed by atoms with Crippen molar-refractivity contribution in [3.8, 4) is 0 Å². The van der Waals surface area contributed by atoms with E-state index >= 15 is 0 Å². The second kappa shape index (κ2) is 6.58. The van der Waals surface area contributed by atoms with Crippen molar-refractivity contribution in [2.75, 3.05) is 46.3 Å². The largest absolute Gasteiger partial charge is 0.317 e. The molecule has 3 heteroatoms. The molecule has 1 rings (SSSR count). The molecule has 1 heterocycles. The number of rotatable bonds is 6. The topological polar surface area (TPSA) is 18.5 Å². The van der Waals surface area contributed by atoms with E-state index in [0.717, 1.165) is 6.54 Å². The lowest BCUT2D eigenvalue weighted by molar-refractivity contribution is 0.0394. The molecule has 1 fully saturated rings. The second-order valence-electron chi connectivity index (χ2n) is 5.57. The summed E-state index contributed by atoms with van der Waals surface area (Å²) in [7, 11) is 2.24. The third kappa shape index (κ3) is 4.40. The molecule has 0 aromatic rings. The summed E-state index contributed by atoms with van der Waals surface area (Å²) in [5, 5.41) is 3.38. The Bertz CT molecular complexity index is 192. The fourth-order valence-electron chi connectivity index (χ4n) is 2.29. The van der Waals surface area contributed by atoms with Gasteiger partial charge in [0.1, 0.15) is 0 Å². The molecule has 0 saturated carbocycles. The third-order valence-electron chi connectivity index (χ3n) is 3.72. The van der Waals surface area contributed by atoms with Crippen LogP contribution in [0.15, 0.2) is 0 Å². The third-order valence-corrected chi connectivity index (χ3v) is 3.72. The van der Waals surface area contributed by atoms with Gasteiger partial charge in [0.25, 0.3) is 0 Å². The first-order chi connectivity index (χ1) is 7.56. The first kappa shape index (κ1) is 13.9. The molecule has 0 atom stereocenters. The summed E-state index contributed by atoms with van der Waals surface area (Å²) in [6.45, 7) is 14.1. The molecule has 0 aliphatic carbocycles. The monoisotopic (exact) mass is 227 g/mol. The van der Waals surface area contributed by atoms with Crippen LogP contribution in [0.1, 0.15) is 33.6 Å². The SMILES string of the molecule is CCNCCCCN1CCN(C)C(C)(C)C1. The number of likely N-dealkylation sites (N-methyl/N-ethyl adjacent to an activating group) is 1. The van der Waals surface area contributed by atoms with Gasteiger partial charge < -0.3 is 10.2 Å². The van der Waals surface area contributed by atoms with Gasteiger partial charge in [-0.15, -0.1) is 0 Å². The summed E-state index contributed by atoms with van der Waals surface area (Å²) >= 11 is 0. The van der Waals surface area contributed by atoms with Crippen molar-refractivity contribution < 1.29 is 0 Å². The minimum absolute atomic E-state index is 0.347. The Morgan fingerprint density at radius 2 is 1.94 bits per heavy atom.